The van der Waals surface area contributed by atoms with E-state index in [1.807, 2.05) is 7.05 Å². The van der Waals surface area contributed by atoms with Gasteiger partial charge in [0.2, 0.25) is 15.9 Å². The van der Waals surface area contributed by atoms with Gasteiger partial charge in [-0.25, -0.2) is 12.7 Å². The Morgan fingerprint density at radius 2 is 1.76 bits per heavy atom. The number of hydrogen-bond donors (Lipinski definition) is 0. The van der Waals surface area contributed by atoms with E-state index in [1.165, 1.54) is 0 Å². The lowest BCUT2D eigenvalue weighted by Gasteiger charge is -2.25. The Morgan fingerprint density at radius 1 is 1.10 bits per heavy atom. The number of amides is 1. The van der Waals surface area contributed by atoms with Crippen LogP contribution >= 0.6 is 0 Å². The van der Waals surface area contributed by atoms with Crippen LogP contribution in [0.4, 0.5) is 0 Å². The van der Waals surface area contributed by atoms with E-state index in [-0.39, 0.29) is 11.7 Å². The molecule has 1 aliphatic rings. The zero-order chi connectivity index (χ0) is 15.7. The van der Waals surface area contributed by atoms with Gasteiger partial charge in [0.05, 0.1) is 5.75 Å². The van der Waals surface area contributed by atoms with Crippen LogP contribution in [0.1, 0.15) is 58.3 Å². The third-order valence-electron chi connectivity index (χ3n) is 4.02. The Hall–Kier alpha value is -0.620. The van der Waals surface area contributed by atoms with E-state index in [9.17, 15) is 13.2 Å². The highest BCUT2D eigenvalue weighted by Crippen LogP contribution is 2.15. The first-order valence-electron chi connectivity index (χ1n) is 8.19. The molecule has 0 N–H and O–H groups in total. The molecule has 0 saturated carbocycles. The minimum Gasteiger partial charge on any atom is -0.346 e. The van der Waals surface area contributed by atoms with Crippen molar-refractivity contribution in [2.75, 3.05) is 32.4 Å². The molecule has 5 nitrogen and oxygen atoms in total. The van der Waals surface area contributed by atoms with E-state index in [2.05, 4.69) is 6.92 Å². The van der Waals surface area contributed by atoms with Gasteiger partial charge in [-0.3, -0.25) is 4.79 Å². The monoisotopic (exact) mass is 318 g/mol. The number of sulfonamides is 1. The van der Waals surface area contributed by atoms with E-state index in [0.29, 0.717) is 32.4 Å². The second-order valence-electron chi connectivity index (χ2n) is 5.90. The van der Waals surface area contributed by atoms with Crippen LogP contribution in [0.5, 0.6) is 0 Å². The number of carbonyl (C=O) groups excluding carboxylic acids is 1. The summed E-state index contributed by atoms with van der Waals surface area (Å²) in [4.78, 5) is 13.6. The molecule has 1 aliphatic heterocycles. The Labute approximate surface area is 129 Å². The number of hydrogen-bond acceptors (Lipinski definition) is 3. The molecule has 1 amide bonds. The van der Waals surface area contributed by atoms with Crippen LogP contribution in [0.3, 0.4) is 0 Å². The summed E-state index contributed by atoms with van der Waals surface area (Å²) >= 11 is 0. The summed E-state index contributed by atoms with van der Waals surface area (Å²) in [6, 6.07) is 0. The number of rotatable bonds is 9. The fourth-order valence-corrected chi connectivity index (χ4v) is 4.19. The van der Waals surface area contributed by atoms with E-state index in [4.69, 9.17) is 0 Å². The lowest BCUT2D eigenvalue weighted by molar-refractivity contribution is -0.130. The highest BCUT2D eigenvalue weighted by atomic mass is 32.2. The zero-order valence-corrected chi connectivity index (χ0v) is 14.3. The van der Waals surface area contributed by atoms with Crippen molar-refractivity contribution in [3.05, 3.63) is 0 Å². The van der Waals surface area contributed by atoms with Crippen LogP contribution in [0.15, 0.2) is 0 Å². The van der Waals surface area contributed by atoms with Gasteiger partial charge < -0.3 is 4.90 Å². The predicted octanol–water partition coefficient (Wildman–Crippen LogP) is 2.23. The van der Waals surface area contributed by atoms with Crippen LogP contribution in [0.2, 0.25) is 0 Å². The minimum absolute atomic E-state index is 0.124. The first-order chi connectivity index (χ1) is 9.97. The zero-order valence-electron chi connectivity index (χ0n) is 13.5. The number of nitrogens with zero attached hydrogens (tertiary/aromatic N) is 2. The smallest absolute Gasteiger partial charge is 0.222 e. The van der Waals surface area contributed by atoms with Crippen molar-refractivity contribution in [2.24, 2.45) is 0 Å². The molecule has 1 heterocycles. The maximum Gasteiger partial charge on any atom is 0.222 e. The summed E-state index contributed by atoms with van der Waals surface area (Å²) in [5, 5.41) is 0. The second-order valence-corrected chi connectivity index (χ2v) is 7.99. The second kappa shape index (κ2) is 9.41. The third kappa shape index (κ3) is 6.78. The van der Waals surface area contributed by atoms with Crippen LogP contribution in [-0.4, -0.2) is 56.0 Å². The van der Waals surface area contributed by atoms with Crippen LogP contribution in [0.25, 0.3) is 0 Å². The molecule has 21 heavy (non-hydrogen) atoms. The highest BCUT2D eigenvalue weighted by molar-refractivity contribution is 7.89. The van der Waals surface area contributed by atoms with E-state index in [0.717, 1.165) is 38.6 Å². The van der Waals surface area contributed by atoms with Gasteiger partial charge in [-0.15, -0.1) is 0 Å². The molecule has 124 valence electrons. The largest absolute Gasteiger partial charge is 0.346 e. The Bertz CT molecular complexity index is 403. The van der Waals surface area contributed by atoms with Gasteiger partial charge in [0.15, 0.2) is 0 Å². The predicted molar refractivity (Wildman–Crippen MR) is 85.6 cm³/mol. The Morgan fingerprint density at radius 3 is 2.38 bits per heavy atom. The van der Waals surface area contributed by atoms with E-state index in [1.54, 1.807) is 9.21 Å². The van der Waals surface area contributed by atoms with Crippen LogP contribution < -0.4 is 0 Å². The van der Waals surface area contributed by atoms with Crippen molar-refractivity contribution in [2.45, 2.75) is 58.3 Å². The van der Waals surface area contributed by atoms with Gasteiger partial charge in [-0.1, -0.05) is 19.8 Å². The van der Waals surface area contributed by atoms with Crippen molar-refractivity contribution in [1.29, 1.82) is 0 Å². The summed E-state index contributed by atoms with van der Waals surface area (Å²) in [7, 11) is -1.29. The molecule has 6 heteroatoms. The maximum absolute atomic E-state index is 12.1. The molecule has 0 atom stereocenters. The van der Waals surface area contributed by atoms with Gasteiger partial charge in [-0.2, -0.15) is 0 Å². The molecule has 1 saturated heterocycles. The SMILES string of the molecule is CCCCN(C)C(=O)CCCCS(=O)(=O)N1CCCCC1. The van der Waals surface area contributed by atoms with Gasteiger partial charge in [-0.05, 0) is 32.1 Å². The molecule has 0 unspecified atom stereocenters. The molecular weight excluding hydrogens is 288 g/mol. The molecule has 0 aromatic carbocycles. The summed E-state index contributed by atoms with van der Waals surface area (Å²) in [5.41, 5.74) is 0. The first-order valence-corrected chi connectivity index (χ1v) is 9.80. The molecule has 0 aromatic heterocycles. The molecular formula is C15H30N2O3S. The first kappa shape index (κ1) is 18.4. The molecule has 0 spiro atoms. The van der Waals surface area contributed by atoms with Crippen molar-refractivity contribution in [1.82, 2.24) is 9.21 Å². The van der Waals surface area contributed by atoms with Crippen LogP contribution in [0, 0.1) is 0 Å². The molecule has 0 aromatic rings. The quantitative estimate of drug-likeness (QED) is 0.613. The fourth-order valence-electron chi connectivity index (χ4n) is 2.54. The molecule has 1 fully saturated rings. The minimum atomic E-state index is -3.11. The molecule has 0 radical (unpaired) electrons. The number of unbranched alkanes of at least 4 members (excludes halogenated alkanes) is 2. The lowest BCUT2D eigenvalue weighted by atomic mass is 10.2. The van der Waals surface area contributed by atoms with Gasteiger partial charge in [0, 0.05) is 33.1 Å². The van der Waals surface area contributed by atoms with Gasteiger partial charge >= 0.3 is 0 Å². The standard InChI is InChI=1S/C15H30N2O3S/c1-3-4-11-16(2)15(18)10-6-9-14-21(19,20)17-12-7-5-8-13-17/h3-14H2,1-2H3. The molecule has 0 bridgehead atoms. The summed E-state index contributed by atoms with van der Waals surface area (Å²) in [5.74, 6) is 0.303. The van der Waals surface area contributed by atoms with Crippen LogP contribution in [-0.2, 0) is 14.8 Å². The third-order valence-corrected chi connectivity index (χ3v) is 5.98. The van der Waals surface area contributed by atoms with Gasteiger partial charge in [0.25, 0.3) is 0 Å². The van der Waals surface area contributed by atoms with Gasteiger partial charge in [0.1, 0.15) is 0 Å². The fraction of sp³-hybridized carbons (Fsp3) is 0.933. The van der Waals surface area contributed by atoms with Crippen molar-refractivity contribution < 1.29 is 13.2 Å². The normalized spacial score (nSPS) is 16.9. The maximum atomic E-state index is 12.1. The average molecular weight is 318 g/mol. The summed E-state index contributed by atoms with van der Waals surface area (Å²) in [6.45, 7) is 4.23. The lowest BCUT2D eigenvalue weighted by Crippen LogP contribution is -2.37. The van der Waals surface area contributed by atoms with Crippen molar-refractivity contribution in [3.8, 4) is 0 Å². The Balaban J connectivity index is 2.22. The topological polar surface area (TPSA) is 57.7 Å². The van der Waals surface area contributed by atoms with Crippen molar-refractivity contribution in [3.63, 3.8) is 0 Å². The number of carbonyl (C=O) groups is 1. The molecule has 0 aliphatic carbocycles. The van der Waals surface area contributed by atoms with E-state index >= 15 is 0 Å². The highest BCUT2D eigenvalue weighted by Gasteiger charge is 2.23. The average Bonchev–Trinajstić information content (AvgIpc) is 2.49. The number of piperidine rings is 1. The molecule has 1 rings (SSSR count). The van der Waals surface area contributed by atoms with E-state index < -0.39 is 10.0 Å². The summed E-state index contributed by atoms with van der Waals surface area (Å²) < 4.78 is 25.9. The summed E-state index contributed by atoms with van der Waals surface area (Å²) in [6.07, 6.45) is 6.85. The Kier molecular flexibility index (Phi) is 8.26. The van der Waals surface area contributed by atoms with Crippen molar-refractivity contribution >= 4 is 15.9 Å².